The minimum absolute atomic E-state index is 0.193. The van der Waals surface area contributed by atoms with Crippen LogP contribution in [0.1, 0.15) is 12.8 Å². The molecule has 1 atom stereocenters. The zero-order valence-corrected chi connectivity index (χ0v) is 14.2. The van der Waals surface area contributed by atoms with E-state index in [1.807, 2.05) is 0 Å². The molecule has 1 fully saturated rings. The Morgan fingerprint density at radius 3 is 1.71 bits per heavy atom. The first-order chi connectivity index (χ1) is 11.4. The number of hydrogen-bond donors (Lipinski definition) is 1. The fraction of sp³-hybridized carbons (Fsp3) is 0.294. The summed E-state index contributed by atoms with van der Waals surface area (Å²) in [6, 6.07) is 22.9. The van der Waals surface area contributed by atoms with Crippen molar-refractivity contribution in [3.8, 4) is 0 Å². The van der Waals surface area contributed by atoms with E-state index in [0.717, 1.165) is 6.04 Å². The average molecular weight is 357 g/mol. The molecule has 2 N–H and O–H groups in total. The van der Waals surface area contributed by atoms with Crippen molar-refractivity contribution in [1.29, 1.82) is 0 Å². The molecule has 1 aliphatic heterocycles. The maximum Gasteiger partial charge on any atom is 0.673 e. The van der Waals surface area contributed by atoms with Crippen LogP contribution in [0.2, 0.25) is 0 Å². The largest absolute Gasteiger partial charge is 0.673 e. The zero-order valence-electron chi connectivity index (χ0n) is 13.3. The van der Waals surface area contributed by atoms with Gasteiger partial charge in [0.15, 0.2) is 0 Å². The van der Waals surface area contributed by atoms with Crippen LogP contribution in [0.3, 0.4) is 0 Å². The molecule has 7 heteroatoms. The molecular weight excluding hydrogens is 336 g/mol. The van der Waals surface area contributed by atoms with Crippen LogP contribution < -0.4 is 15.9 Å². The lowest BCUT2D eigenvalue weighted by Crippen LogP contribution is -2.87. The van der Waals surface area contributed by atoms with Crippen LogP contribution in [0.5, 0.6) is 0 Å². The van der Waals surface area contributed by atoms with E-state index in [4.69, 9.17) is 0 Å². The van der Waals surface area contributed by atoms with Crippen molar-refractivity contribution in [2.24, 2.45) is 0 Å². The van der Waals surface area contributed by atoms with Crippen molar-refractivity contribution in [1.82, 2.24) is 0 Å². The molecule has 1 saturated heterocycles. The summed E-state index contributed by atoms with van der Waals surface area (Å²) in [4.78, 5) is 0. The molecule has 0 saturated carbocycles. The van der Waals surface area contributed by atoms with Crippen LogP contribution in [0.4, 0.5) is 17.3 Å². The summed E-state index contributed by atoms with van der Waals surface area (Å²) in [6.07, 6.45) is 4.10. The van der Waals surface area contributed by atoms with E-state index >= 15 is 0 Å². The fourth-order valence-electron chi connectivity index (χ4n) is 2.83. The summed E-state index contributed by atoms with van der Waals surface area (Å²) in [5, 5.41) is 5.58. The first kappa shape index (κ1) is 18.9. The predicted molar refractivity (Wildman–Crippen MR) is 93.9 cm³/mol. The number of hydrogen-bond acceptors (Lipinski definition) is 0. The highest BCUT2D eigenvalue weighted by Crippen LogP contribution is 2.34. The van der Waals surface area contributed by atoms with Crippen LogP contribution in [-0.2, 0) is 0 Å². The first-order valence-electron chi connectivity index (χ1n) is 8.02. The summed E-state index contributed by atoms with van der Waals surface area (Å²) in [5.41, 5.74) is 0. The molecule has 1 aliphatic rings. The molecule has 0 amide bonds. The minimum Gasteiger partial charge on any atom is -0.418 e. The van der Waals surface area contributed by atoms with Gasteiger partial charge in [0.25, 0.3) is 0 Å². The van der Waals surface area contributed by atoms with Gasteiger partial charge in [0.1, 0.15) is 0 Å². The molecule has 1 nitrogen and oxygen atoms in total. The van der Waals surface area contributed by atoms with Gasteiger partial charge in [0.05, 0.1) is 12.6 Å². The Labute approximate surface area is 141 Å². The summed E-state index contributed by atoms with van der Waals surface area (Å²) in [7, 11) is -6.19. The molecular formula is C17H21BF4NP. The average Bonchev–Trinajstić information content (AvgIpc) is 3.06. The Hall–Kier alpha value is -1.39. The van der Waals surface area contributed by atoms with Crippen LogP contribution in [0.25, 0.3) is 0 Å². The lowest BCUT2D eigenvalue weighted by atomic mass is 10.3. The van der Waals surface area contributed by atoms with Gasteiger partial charge < -0.3 is 22.6 Å². The molecule has 130 valence electrons. The van der Waals surface area contributed by atoms with Gasteiger partial charge in [0.2, 0.25) is 0 Å². The Bertz CT molecular complexity index is 543. The molecule has 1 unspecified atom stereocenters. The first-order valence-corrected chi connectivity index (χ1v) is 9.54. The van der Waals surface area contributed by atoms with E-state index in [1.165, 1.54) is 36.2 Å². The van der Waals surface area contributed by atoms with E-state index in [0.29, 0.717) is 0 Å². The number of benzene rings is 2. The molecule has 3 rings (SSSR count). The normalized spacial score (nSPS) is 17.5. The van der Waals surface area contributed by atoms with E-state index in [9.17, 15) is 17.3 Å². The molecule has 0 radical (unpaired) electrons. The minimum atomic E-state index is -6.00. The van der Waals surface area contributed by atoms with E-state index < -0.39 is 7.25 Å². The molecule has 1 heterocycles. The molecule has 0 aliphatic carbocycles. The smallest absolute Gasteiger partial charge is 0.418 e. The summed E-state index contributed by atoms with van der Waals surface area (Å²) in [5.74, 6) is 0. The van der Waals surface area contributed by atoms with Gasteiger partial charge >= 0.3 is 7.25 Å². The van der Waals surface area contributed by atoms with Gasteiger partial charge in [-0.1, -0.05) is 60.7 Å². The predicted octanol–water partition coefficient (Wildman–Crippen LogP) is 3.15. The van der Waals surface area contributed by atoms with Crippen LogP contribution in [-0.4, -0.2) is 26.0 Å². The SMILES string of the molecule is F[B-](F)(F)F.c1ccc(P(CC2CCC[NH2+]2)c2ccccc2)cc1. The molecule has 24 heavy (non-hydrogen) atoms. The fourth-order valence-corrected chi connectivity index (χ4v) is 5.41. The van der Waals surface area contributed by atoms with Gasteiger partial charge in [0, 0.05) is 19.0 Å². The Morgan fingerprint density at radius 2 is 1.33 bits per heavy atom. The monoisotopic (exact) mass is 357 g/mol. The Balaban J connectivity index is 0.000000368. The second-order valence-corrected chi connectivity index (χ2v) is 7.96. The lowest BCUT2D eigenvalue weighted by Gasteiger charge is -2.20. The van der Waals surface area contributed by atoms with Gasteiger partial charge in [-0.25, -0.2) is 0 Å². The van der Waals surface area contributed by atoms with Crippen molar-refractivity contribution in [3.05, 3.63) is 60.7 Å². The van der Waals surface area contributed by atoms with Gasteiger partial charge in [-0.15, -0.1) is 0 Å². The van der Waals surface area contributed by atoms with E-state index in [1.54, 1.807) is 0 Å². The molecule has 0 spiro atoms. The third-order valence-corrected chi connectivity index (χ3v) is 6.51. The van der Waals surface area contributed by atoms with Crippen molar-refractivity contribution >= 4 is 25.8 Å². The standard InChI is InChI=1S/C17H20NP.BF4/c1-3-9-16(10-4-1)19(14-15-8-7-13-18-15)17-11-5-2-6-12-17;2-1(3,4)5/h1-6,9-12,15,18H,7-8,13-14H2;/q;-1/p+1. The van der Waals surface area contributed by atoms with Crippen molar-refractivity contribution in [2.75, 3.05) is 12.7 Å². The third kappa shape index (κ3) is 7.02. The molecule has 2 aromatic rings. The highest BCUT2D eigenvalue weighted by Gasteiger charge is 2.24. The zero-order chi connectivity index (χ0) is 17.4. The summed E-state index contributed by atoms with van der Waals surface area (Å²) < 4.78 is 39.0. The maximum atomic E-state index is 9.75. The van der Waals surface area contributed by atoms with E-state index in [-0.39, 0.29) is 7.92 Å². The maximum absolute atomic E-state index is 9.75. The van der Waals surface area contributed by atoms with Crippen molar-refractivity contribution < 1.29 is 22.6 Å². The highest BCUT2D eigenvalue weighted by molar-refractivity contribution is 7.73. The van der Waals surface area contributed by atoms with Crippen molar-refractivity contribution in [3.63, 3.8) is 0 Å². The highest BCUT2D eigenvalue weighted by atomic mass is 31.1. The van der Waals surface area contributed by atoms with Crippen LogP contribution in [0, 0.1) is 0 Å². The molecule has 2 aromatic carbocycles. The van der Waals surface area contributed by atoms with Gasteiger partial charge in [-0.2, -0.15) is 0 Å². The van der Waals surface area contributed by atoms with Gasteiger partial charge in [-0.3, -0.25) is 0 Å². The van der Waals surface area contributed by atoms with Gasteiger partial charge in [-0.05, 0) is 18.5 Å². The Kier molecular flexibility index (Phi) is 7.26. The second kappa shape index (κ2) is 9.19. The number of quaternary nitrogens is 1. The quantitative estimate of drug-likeness (QED) is 0.492. The van der Waals surface area contributed by atoms with Crippen molar-refractivity contribution in [2.45, 2.75) is 18.9 Å². The second-order valence-electron chi connectivity index (χ2n) is 5.70. The number of halogens is 4. The summed E-state index contributed by atoms with van der Waals surface area (Å²) in [6.45, 7) is 1.32. The van der Waals surface area contributed by atoms with Crippen LogP contribution in [0.15, 0.2) is 60.7 Å². The number of rotatable bonds is 4. The van der Waals surface area contributed by atoms with Crippen LogP contribution >= 0.6 is 7.92 Å². The lowest BCUT2D eigenvalue weighted by molar-refractivity contribution is -0.665. The molecule has 0 bridgehead atoms. The third-order valence-electron chi connectivity index (χ3n) is 3.83. The molecule has 0 aromatic heterocycles. The topological polar surface area (TPSA) is 16.6 Å². The summed E-state index contributed by atoms with van der Waals surface area (Å²) >= 11 is 0. The number of nitrogens with two attached hydrogens (primary N) is 1. The van der Waals surface area contributed by atoms with E-state index in [2.05, 4.69) is 66.0 Å². The Morgan fingerprint density at radius 1 is 0.875 bits per heavy atom.